The topological polar surface area (TPSA) is 49.4 Å². The van der Waals surface area contributed by atoms with Gasteiger partial charge in [-0.3, -0.25) is 14.5 Å². The normalized spacial score (nSPS) is 19.4. The van der Waals surface area contributed by atoms with E-state index in [4.69, 9.17) is 11.6 Å². The van der Waals surface area contributed by atoms with Crippen molar-refractivity contribution in [3.63, 3.8) is 0 Å². The van der Waals surface area contributed by atoms with E-state index in [9.17, 15) is 9.59 Å². The van der Waals surface area contributed by atoms with E-state index in [1.54, 1.807) is 12.1 Å². The van der Waals surface area contributed by atoms with Crippen molar-refractivity contribution in [1.82, 2.24) is 4.90 Å². The fraction of sp³-hybridized carbons (Fsp3) is 0.385. The Morgan fingerprint density at radius 1 is 1.42 bits per heavy atom. The molecule has 1 aromatic rings. The fourth-order valence-electron chi connectivity index (χ4n) is 2.09. The molecule has 1 saturated heterocycles. The van der Waals surface area contributed by atoms with Crippen molar-refractivity contribution in [2.24, 2.45) is 0 Å². The lowest BCUT2D eigenvalue weighted by Crippen LogP contribution is -2.39. The van der Waals surface area contributed by atoms with Crippen molar-refractivity contribution >= 4 is 45.0 Å². The van der Waals surface area contributed by atoms with Crippen molar-refractivity contribution in [1.29, 1.82) is 0 Å². The summed E-state index contributed by atoms with van der Waals surface area (Å²) in [5.41, 5.74) is 0.727. The molecule has 19 heavy (non-hydrogen) atoms. The molecule has 1 atom stereocenters. The second-order valence-corrected chi connectivity index (χ2v) is 5.99. The number of rotatable bonds is 3. The molecule has 6 heteroatoms. The molecule has 0 aromatic heterocycles. The van der Waals surface area contributed by atoms with Crippen LogP contribution in [-0.4, -0.2) is 28.8 Å². The minimum Gasteiger partial charge on any atom is -0.373 e. The van der Waals surface area contributed by atoms with Gasteiger partial charge in [0, 0.05) is 16.2 Å². The van der Waals surface area contributed by atoms with Gasteiger partial charge in [0.05, 0.1) is 11.4 Å². The molecule has 0 radical (unpaired) electrons. The van der Waals surface area contributed by atoms with Gasteiger partial charge in [-0.15, -0.1) is 0 Å². The van der Waals surface area contributed by atoms with Crippen LogP contribution < -0.4 is 5.32 Å². The molecule has 2 rings (SSSR count). The quantitative estimate of drug-likeness (QED) is 0.857. The molecule has 2 amide bonds. The van der Waals surface area contributed by atoms with Crippen LogP contribution in [0.1, 0.15) is 20.3 Å². The van der Waals surface area contributed by atoms with E-state index < -0.39 is 6.04 Å². The van der Waals surface area contributed by atoms with Crippen LogP contribution in [0.15, 0.2) is 22.7 Å². The van der Waals surface area contributed by atoms with E-state index in [2.05, 4.69) is 21.2 Å². The van der Waals surface area contributed by atoms with Crippen LogP contribution in [0.2, 0.25) is 5.02 Å². The molecule has 1 aliphatic heterocycles. The van der Waals surface area contributed by atoms with Gasteiger partial charge in [-0.05, 0) is 48.0 Å². The van der Waals surface area contributed by atoms with Crippen molar-refractivity contribution in [3.05, 3.63) is 27.7 Å². The van der Waals surface area contributed by atoms with Gasteiger partial charge in [-0.1, -0.05) is 11.6 Å². The summed E-state index contributed by atoms with van der Waals surface area (Å²) in [7, 11) is 0. The molecule has 1 aromatic carbocycles. The highest BCUT2D eigenvalue weighted by Crippen LogP contribution is 2.27. The third-order valence-corrected chi connectivity index (χ3v) is 4.19. The molecule has 1 fully saturated rings. The Hall–Kier alpha value is -1.07. The Kier molecular flexibility index (Phi) is 4.16. The summed E-state index contributed by atoms with van der Waals surface area (Å²) in [4.78, 5) is 25.2. The Bertz CT molecular complexity index is 533. The van der Waals surface area contributed by atoms with E-state index in [-0.39, 0.29) is 24.3 Å². The van der Waals surface area contributed by atoms with Crippen LogP contribution in [0.3, 0.4) is 0 Å². The van der Waals surface area contributed by atoms with Gasteiger partial charge >= 0.3 is 0 Å². The van der Waals surface area contributed by atoms with E-state index >= 15 is 0 Å². The Balaban J connectivity index is 2.14. The maximum atomic E-state index is 12.1. The van der Waals surface area contributed by atoms with E-state index in [1.165, 1.54) is 4.90 Å². The van der Waals surface area contributed by atoms with Crippen LogP contribution in [-0.2, 0) is 9.59 Å². The van der Waals surface area contributed by atoms with E-state index in [1.807, 2.05) is 19.9 Å². The maximum Gasteiger partial charge on any atom is 0.252 e. The number of carbonyl (C=O) groups is 2. The van der Waals surface area contributed by atoms with Crippen LogP contribution in [0, 0.1) is 0 Å². The van der Waals surface area contributed by atoms with Crippen molar-refractivity contribution < 1.29 is 9.59 Å². The summed E-state index contributed by atoms with van der Waals surface area (Å²) < 4.78 is 0.789. The molecule has 0 bridgehead atoms. The number of hydrogen-bond acceptors (Lipinski definition) is 3. The maximum absolute atomic E-state index is 12.1. The van der Waals surface area contributed by atoms with Crippen molar-refractivity contribution in [3.8, 4) is 0 Å². The second kappa shape index (κ2) is 5.51. The van der Waals surface area contributed by atoms with Gasteiger partial charge in [0.25, 0.3) is 5.91 Å². The molecule has 1 heterocycles. The first-order valence-corrected chi connectivity index (χ1v) is 7.14. The van der Waals surface area contributed by atoms with Crippen LogP contribution in [0.25, 0.3) is 0 Å². The second-order valence-electron chi connectivity index (χ2n) is 4.73. The zero-order valence-electron chi connectivity index (χ0n) is 10.6. The molecule has 4 nitrogen and oxygen atoms in total. The molecular weight excluding hydrogens is 332 g/mol. The van der Waals surface area contributed by atoms with Crippen LogP contribution in [0.4, 0.5) is 5.69 Å². The standard InChI is InChI=1S/C13H14BrClN2O2/c1-7(2)17-12(18)6-11(13(17)19)16-8-3-4-9(14)10(15)5-8/h3-5,7,11,16H,6H2,1-2H3. The van der Waals surface area contributed by atoms with Crippen molar-refractivity contribution in [2.75, 3.05) is 5.32 Å². The predicted molar refractivity (Wildman–Crippen MR) is 78.2 cm³/mol. The first-order valence-electron chi connectivity index (χ1n) is 5.97. The van der Waals surface area contributed by atoms with E-state index in [0.717, 1.165) is 10.2 Å². The molecule has 1 aliphatic rings. The van der Waals surface area contributed by atoms with Gasteiger partial charge in [0.1, 0.15) is 6.04 Å². The monoisotopic (exact) mass is 344 g/mol. The third kappa shape index (κ3) is 2.92. The molecule has 0 spiro atoms. The number of anilines is 1. The average molecular weight is 346 g/mol. The minimum atomic E-state index is -0.507. The predicted octanol–water partition coefficient (Wildman–Crippen LogP) is 3.05. The zero-order valence-corrected chi connectivity index (χ0v) is 13.0. The van der Waals surface area contributed by atoms with E-state index in [0.29, 0.717) is 5.02 Å². The number of likely N-dealkylation sites (tertiary alicyclic amines) is 1. The summed E-state index contributed by atoms with van der Waals surface area (Å²) in [5, 5.41) is 3.61. The average Bonchev–Trinajstić information content (AvgIpc) is 2.59. The number of nitrogens with zero attached hydrogens (tertiary/aromatic N) is 1. The number of benzene rings is 1. The highest BCUT2D eigenvalue weighted by Gasteiger charge is 2.39. The number of carbonyl (C=O) groups excluding carboxylic acids is 2. The number of hydrogen-bond donors (Lipinski definition) is 1. The molecule has 0 aliphatic carbocycles. The Morgan fingerprint density at radius 3 is 2.63 bits per heavy atom. The molecular formula is C13H14BrClN2O2. The SMILES string of the molecule is CC(C)N1C(=O)CC(Nc2ccc(Br)c(Cl)c2)C1=O. The highest BCUT2D eigenvalue weighted by molar-refractivity contribution is 9.10. The Morgan fingerprint density at radius 2 is 2.11 bits per heavy atom. The smallest absolute Gasteiger partial charge is 0.252 e. The number of nitrogens with one attached hydrogen (secondary N) is 1. The summed E-state index contributed by atoms with van der Waals surface area (Å²) in [5.74, 6) is -0.320. The lowest BCUT2D eigenvalue weighted by atomic mass is 10.2. The molecule has 1 N–H and O–H groups in total. The third-order valence-electron chi connectivity index (χ3n) is 2.96. The van der Waals surface area contributed by atoms with Gasteiger partial charge in [0.15, 0.2) is 0 Å². The van der Waals surface area contributed by atoms with Gasteiger partial charge in [-0.25, -0.2) is 0 Å². The lowest BCUT2D eigenvalue weighted by Gasteiger charge is -2.19. The highest BCUT2D eigenvalue weighted by atomic mass is 79.9. The first kappa shape index (κ1) is 14.3. The first-order chi connectivity index (χ1) is 8.90. The molecule has 102 valence electrons. The van der Waals surface area contributed by atoms with Crippen LogP contribution >= 0.6 is 27.5 Å². The van der Waals surface area contributed by atoms with Gasteiger partial charge in [-0.2, -0.15) is 0 Å². The molecule has 0 saturated carbocycles. The summed E-state index contributed by atoms with van der Waals surface area (Å²) in [6.07, 6.45) is 0.185. The van der Waals surface area contributed by atoms with Gasteiger partial charge < -0.3 is 5.32 Å². The van der Waals surface area contributed by atoms with Crippen LogP contribution in [0.5, 0.6) is 0 Å². The number of amides is 2. The largest absolute Gasteiger partial charge is 0.373 e. The summed E-state index contributed by atoms with van der Waals surface area (Å²) >= 11 is 9.30. The van der Waals surface area contributed by atoms with Gasteiger partial charge in [0.2, 0.25) is 5.91 Å². The minimum absolute atomic E-state index is 0.111. The Labute approximate surface area is 125 Å². The zero-order chi connectivity index (χ0) is 14.2. The molecule has 1 unspecified atom stereocenters. The van der Waals surface area contributed by atoms with Crippen molar-refractivity contribution in [2.45, 2.75) is 32.4 Å². The number of halogens is 2. The number of imide groups is 1. The fourth-order valence-corrected chi connectivity index (χ4v) is 2.52. The lowest BCUT2D eigenvalue weighted by molar-refractivity contribution is -0.140. The summed E-state index contributed by atoms with van der Waals surface area (Å²) in [6.45, 7) is 3.66. The summed E-state index contributed by atoms with van der Waals surface area (Å²) in [6, 6.07) is 4.71.